The van der Waals surface area contributed by atoms with Crippen LogP contribution in [0.15, 0.2) is 48.8 Å². The van der Waals surface area contributed by atoms with Gasteiger partial charge in [0, 0.05) is 44.0 Å². The Morgan fingerprint density at radius 3 is 2.26 bits per heavy atom. The summed E-state index contributed by atoms with van der Waals surface area (Å²) < 4.78 is 42.2. The highest BCUT2D eigenvalue weighted by molar-refractivity contribution is 5.97. The van der Waals surface area contributed by atoms with E-state index in [-0.39, 0.29) is 60.9 Å². The van der Waals surface area contributed by atoms with Gasteiger partial charge in [-0.2, -0.15) is 0 Å². The molecule has 0 radical (unpaired) electrons. The van der Waals surface area contributed by atoms with E-state index < -0.39 is 6.36 Å². The number of alkyl halides is 3. The lowest BCUT2D eigenvalue weighted by molar-refractivity contribution is -0.274. The normalized spacial score (nSPS) is 13.2. The maximum Gasteiger partial charge on any atom is 0.573 e. The van der Waals surface area contributed by atoms with Gasteiger partial charge in [0.05, 0.1) is 0 Å². The average molecular weight is 520 g/mol. The Bertz CT molecular complexity index is 972. The molecule has 172 valence electrons. The molecular weight excluding hydrogens is 499 g/mol. The van der Waals surface area contributed by atoms with Gasteiger partial charge in [-0.05, 0) is 35.4 Å². The summed E-state index contributed by atoms with van der Waals surface area (Å²) in [7, 11) is 0. The van der Waals surface area contributed by atoms with Gasteiger partial charge in [0.15, 0.2) is 5.75 Å². The number of hydrogen-bond donors (Lipinski definition) is 1. The molecule has 1 aliphatic rings. The smallest absolute Gasteiger partial charge is 0.403 e. The molecule has 0 unspecified atom stereocenters. The van der Waals surface area contributed by atoms with E-state index in [1.807, 2.05) is 12.1 Å². The van der Waals surface area contributed by atoms with Crippen LogP contribution in [0.5, 0.6) is 5.75 Å². The summed E-state index contributed by atoms with van der Waals surface area (Å²) in [5.74, 6) is 0.542. The number of rotatable bonds is 3. The zero-order valence-electron chi connectivity index (χ0n) is 16.0. The highest BCUT2D eigenvalue weighted by Gasteiger charge is 2.32. The average Bonchev–Trinajstić information content (AvgIpc) is 2.67. The fraction of sp³-hybridized carbons (Fsp3) is 0.263. The predicted molar refractivity (Wildman–Crippen MR) is 126 cm³/mol. The lowest BCUT2D eigenvalue weighted by Crippen LogP contribution is -2.43. The molecule has 0 bridgehead atoms. The number of piperazine rings is 1. The highest BCUT2D eigenvalue weighted by Crippen LogP contribution is 2.35. The summed E-state index contributed by atoms with van der Waals surface area (Å²) in [5.41, 5.74) is 1.83. The standard InChI is InChI=1S/C19H17F3N4O.4ClH/c20-19(21,22)27-16-3-1-2-15-14(5-7-25-18(15)16)13-4-6-24-17(12-13)26-10-8-23-9-11-26;;;;/h1-7,12,23H,8-11H2;4*1H. The molecule has 5 nitrogen and oxygen atoms in total. The number of nitrogens with zero attached hydrogens (tertiary/aromatic N) is 3. The number of halogens is 7. The molecular formula is C19H21Cl4F3N4O. The molecule has 1 aliphatic heterocycles. The van der Waals surface area contributed by atoms with E-state index in [0.717, 1.165) is 43.1 Å². The second-order valence-corrected chi connectivity index (χ2v) is 6.20. The van der Waals surface area contributed by atoms with Crippen molar-refractivity contribution < 1.29 is 17.9 Å². The third-order valence-electron chi connectivity index (χ3n) is 4.46. The molecule has 1 fully saturated rings. The summed E-state index contributed by atoms with van der Waals surface area (Å²) >= 11 is 0. The zero-order chi connectivity index (χ0) is 18.9. The summed E-state index contributed by atoms with van der Waals surface area (Å²) in [6, 6.07) is 10.1. The van der Waals surface area contributed by atoms with Crippen molar-refractivity contribution in [3.05, 3.63) is 48.8 Å². The quantitative estimate of drug-likeness (QED) is 0.509. The van der Waals surface area contributed by atoms with Crippen LogP contribution in [0.1, 0.15) is 0 Å². The molecule has 0 aliphatic carbocycles. The van der Waals surface area contributed by atoms with Crippen molar-refractivity contribution in [1.82, 2.24) is 15.3 Å². The van der Waals surface area contributed by atoms with E-state index in [1.165, 1.54) is 18.3 Å². The lowest BCUT2D eigenvalue weighted by atomic mass is 10.0. The van der Waals surface area contributed by atoms with Gasteiger partial charge in [0.1, 0.15) is 11.3 Å². The van der Waals surface area contributed by atoms with Crippen molar-refractivity contribution in [2.24, 2.45) is 0 Å². The molecule has 0 saturated carbocycles. The van der Waals surface area contributed by atoms with Gasteiger partial charge in [-0.15, -0.1) is 62.8 Å². The first kappa shape index (κ1) is 29.3. The number of hydrogen-bond acceptors (Lipinski definition) is 5. The van der Waals surface area contributed by atoms with Gasteiger partial charge >= 0.3 is 6.36 Å². The molecule has 4 rings (SSSR count). The molecule has 2 aromatic heterocycles. The second kappa shape index (κ2) is 12.4. The van der Waals surface area contributed by atoms with Crippen LogP contribution in [0.2, 0.25) is 0 Å². The van der Waals surface area contributed by atoms with Gasteiger partial charge < -0.3 is 15.0 Å². The molecule has 0 spiro atoms. The molecule has 3 aromatic rings. The Morgan fingerprint density at radius 1 is 0.903 bits per heavy atom. The van der Waals surface area contributed by atoms with Crippen molar-refractivity contribution in [1.29, 1.82) is 0 Å². The van der Waals surface area contributed by atoms with Crippen molar-refractivity contribution in [2.75, 3.05) is 31.1 Å². The Balaban J connectivity index is 0.00000225. The number of fused-ring (bicyclic) bond motifs is 1. The second-order valence-electron chi connectivity index (χ2n) is 6.20. The molecule has 12 heteroatoms. The molecule has 31 heavy (non-hydrogen) atoms. The monoisotopic (exact) mass is 518 g/mol. The summed E-state index contributed by atoms with van der Waals surface area (Å²) in [6.45, 7) is 3.50. The van der Waals surface area contributed by atoms with Crippen LogP contribution in [0.3, 0.4) is 0 Å². The van der Waals surface area contributed by atoms with Crippen LogP contribution in [0.25, 0.3) is 22.0 Å². The number of pyridine rings is 2. The summed E-state index contributed by atoms with van der Waals surface area (Å²) in [6.07, 6.45) is -1.56. The van der Waals surface area contributed by atoms with Crippen LogP contribution >= 0.6 is 49.6 Å². The van der Waals surface area contributed by atoms with Crippen LogP contribution in [0.4, 0.5) is 19.0 Å². The summed E-state index contributed by atoms with van der Waals surface area (Å²) in [4.78, 5) is 10.7. The minimum absolute atomic E-state index is 0. The number of benzene rings is 1. The first-order valence-electron chi connectivity index (χ1n) is 8.57. The van der Waals surface area contributed by atoms with Crippen LogP contribution in [0, 0.1) is 0 Å². The van der Waals surface area contributed by atoms with Gasteiger partial charge in [0.25, 0.3) is 0 Å². The van der Waals surface area contributed by atoms with E-state index in [0.29, 0.717) is 5.39 Å². The Morgan fingerprint density at radius 2 is 1.58 bits per heavy atom. The number of ether oxygens (including phenoxy) is 1. The third kappa shape index (κ3) is 6.89. The van der Waals surface area contributed by atoms with E-state index in [4.69, 9.17) is 0 Å². The largest absolute Gasteiger partial charge is 0.573 e. The molecule has 3 heterocycles. The van der Waals surface area contributed by atoms with Gasteiger partial charge in [-0.3, -0.25) is 4.98 Å². The minimum atomic E-state index is -4.77. The van der Waals surface area contributed by atoms with Crippen molar-refractivity contribution in [3.8, 4) is 16.9 Å². The summed E-state index contributed by atoms with van der Waals surface area (Å²) in [5, 5.41) is 3.89. The number of anilines is 1. The molecule has 0 amide bonds. The maximum absolute atomic E-state index is 12.7. The third-order valence-corrected chi connectivity index (χ3v) is 4.46. The van der Waals surface area contributed by atoms with Crippen LogP contribution in [-0.4, -0.2) is 42.5 Å². The van der Waals surface area contributed by atoms with Crippen LogP contribution in [-0.2, 0) is 0 Å². The van der Waals surface area contributed by atoms with E-state index in [1.54, 1.807) is 18.3 Å². The van der Waals surface area contributed by atoms with Crippen molar-refractivity contribution in [2.45, 2.75) is 6.36 Å². The van der Waals surface area contributed by atoms with E-state index in [2.05, 4.69) is 24.9 Å². The topological polar surface area (TPSA) is 50.3 Å². The van der Waals surface area contributed by atoms with Gasteiger partial charge in [-0.25, -0.2) is 4.98 Å². The zero-order valence-corrected chi connectivity index (χ0v) is 19.2. The molecule has 1 aromatic carbocycles. The fourth-order valence-electron chi connectivity index (χ4n) is 3.26. The van der Waals surface area contributed by atoms with Gasteiger partial charge in [0.2, 0.25) is 0 Å². The number of para-hydroxylation sites is 1. The van der Waals surface area contributed by atoms with Crippen molar-refractivity contribution in [3.63, 3.8) is 0 Å². The van der Waals surface area contributed by atoms with Gasteiger partial charge in [-0.1, -0.05) is 12.1 Å². The molecule has 0 atom stereocenters. The van der Waals surface area contributed by atoms with Crippen molar-refractivity contribution >= 4 is 66.3 Å². The minimum Gasteiger partial charge on any atom is -0.403 e. The SMILES string of the molecule is Cl.Cl.Cl.Cl.FC(F)(F)Oc1cccc2c(-c3ccnc(N4CCNCC4)c3)ccnc12. The molecule has 1 N–H and O–H groups in total. The molecule has 1 saturated heterocycles. The Labute approximate surface area is 202 Å². The fourth-order valence-corrected chi connectivity index (χ4v) is 3.26. The Hall–Kier alpha value is -1.71. The maximum atomic E-state index is 12.7. The Kier molecular flexibility index (Phi) is 11.7. The lowest BCUT2D eigenvalue weighted by Gasteiger charge is -2.28. The van der Waals surface area contributed by atoms with E-state index in [9.17, 15) is 13.2 Å². The highest BCUT2D eigenvalue weighted by atomic mass is 35.5. The number of nitrogens with one attached hydrogen (secondary N) is 1. The number of aromatic nitrogens is 2. The first-order valence-corrected chi connectivity index (χ1v) is 8.57. The predicted octanol–water partition coefficient (Wildman–Crippen LogP) is 5.29. The van der Waals surface area contributed by atoms with E-state index >= 15 is 0 Å². The first-order chi connectivity index (χ1) is 13.0. The van der Waals surface area contributed by atoms with Crippen LogP contribution < -0.4 is 15.0 Å².